The average molecular weight is 543 g/mol. The highest BCUT2D eigenvalue weighted by Crippen LogP contribution is 2.35. The van der Waals surface area contributed by atoms with E-state index in [2.05, 4.69) is 56.3 Å². The minimum Gasteiger partial charge on any atom is -0.444 e. The van der Waals surface area contributed by atoms with Crippen LogP contribution in [0.2, 0.25) is 0 Å². The van der Waals surface area contributed by atoms with E-state index in [1.165, 1.54) is 16.7 Å². The molecule has 0 radical (unpaired) electrons. The number of nitrogens with zero attached hydrogens (tertiary/aromatic N) is 4. The fourth-order valence-electron chi connectivity index (χ4n) is 5.97. The topological polar surface area (TPSA) is 67.7 Å². The molecule has 2 aliphatic rings. The molecule has 2 amide bonds. The van der Waals surface area contributed by atoms with Crippen LogP contribution in [0.15, 0.2) is 54.7 Å². The summed E-state index contributed by atoms with van der Waals surface area (Å²) in [5, 5.41) is 4.79. The molecule has 0 N–H and O–H groups in total. The number of likely N-dealkylation sites (tertiary alicyclic amines) is 2. The van der Waals surface area contributed by atoms with Gasteiger partial charge in [-0.05, 0) is 89.1 Å². The van der Waals surface area contributed by atoms with Gasteiger partial charge in [0.25, 0.3) is 5.91 Å². The molecule has 2 aliphatic heterocycles. The van der Waals surface area contributed by atoms with Gasteiger partial charge in [-0.2, -0.15) is 5.10 Å². The Kier molecular flexibility index (Phi) is 8.02. The van der Waals surface area contributed by atoms with Crippen molar-refractivity contribution in [3.05, 3.63) is 82.7 Å². The van der Waals surface area contributed by atoms with Gasteiger partial charge in [0, 0.05) is 38.0 Å². The Balaban J connectivity index is 1.43. The summed E-state index contributed by atoms with van der Waals surface area (Å²) in [6.45, 7) is 12.5. The SMILES string of the molecule is Cc1ccc(-n2ncc(C(=O)N3CCCC(c4ccccc4)C3)c2C2CCN(C(=O)OC(C)(C)C)CC2)cc1C. The van der Waals surface area contributed by atoms with Crippen molar-refractivity contribution in [2.24, 2.45) is 0 Å². The molecule has 0 saturated carbocycles. The Labute approximate surface area is 238 Å². The smallest absolute Gasteiger partial charge is 0.410 e. The van der Waals surface area contributed by atoms with E-state index in [4.69, 9.17) is 9.84 Å². The highest BCUT2D eigenvalue weighted by molar-refractivity contribution is 5.95. The van der Waals surface area contributed by atoms with Crippen LogP contribution >= 0.6 is 0 Å². The van der Waals surface area contributed by atoms with E-state index in [0.717, 1.165) is 43.6 Å². The number of hydrogen-bond acceptors (Lipinski definition) is 4. The first-order chi connectivity index (χ1) is 19.1. The predicted octanol–water partition coefficient (Wildman–Crippen LogP) is 6.62. The molecule has 3 aromatic rings. The molecular weight excluding hydrogens is 500 g/mol. The average Bonchev–Trinajstić information content (AvgIpc) is 3.39. The van der Waals surface area contributed by atoms with Crippen LogP contribution < -0.4 is 0 Å². The molecule has 0 aliphatic carbocycles. The lowest BCUT2D eigenvalue weighted by molar-refractivity contribution is 0.0202. The van der Waals surface area contributed by atoms with Gasteiger partial charge in [-0.25, -0.2) is 9.48 Å². The van der Waals surface area contributed by atoms with Gasteiger partial charge in [0.15, 0.2) is 0 Å². The Morgan fingerprint density at radius 3 is 2.27 bits per heavy atom. The van der Waals surface area contributed by atoms with Crippen LogP contribution in [0.1, 0.15) is 91.0 Å². The number of carbonyl (C=O) groups excluding carboxylic acids is 2. The van der Waals surface area contributed by atoms with Crippen LogP contribution in [0.3, 0.4) is 0 Å². The molecule has 1 aromatic heterocycles. The van der Waals surface area contributed by atoms with Crippen molar-refractivity contribution < 1.29 is 14.3 Å². The molecule has 3 heterocycles. The molecule has 212 valence electrons. The van der Waals surface area contributed by atoms with Gasteiger partial charge < -0.3 is 14.5 Å². The first kappa shape index (κ1) is 27.9. The van der Waals surface area contributed by atoms with E-state index in [1.54, 1.807) is 11.1 Å². The molecule has 0 bridgehead atoms. The molecule has 7 nitrogen and oxygen atoms in total. The van der Waals surface area contributed by atoms with Crippen LogP contribution in [-0.4, -0.2) is 63.4 Å². The molecule has 40 heavy (non-hydrogen) atoms. The Morgan fingerprint density at radius 2 is 1.60 bits per heavy atom. The lowest BCUT2D eigenvalue weighted by atomic mass is 9.89. The zero-order valence-corrected chi connectivity index (χ0v) is 24.5. The van der Waals surface area contributed by atoms with Crippen LogP contribution in [0.25, 0.3) is 5.69 Å². The second kappa shape index (κ2) is 11.5. The van der Waals surface area contributed by atoms with E-state index in [9.17, 15) is 9.59 Å². The second-order valence-electron chi connectivity index (χ2n) is 12.4. The van der Waals surface area contributed by atoms with Crippen molar-refractivity contribution in [3.63, 3.8) is 0 Å². The van der Waals surface area contributed by atoms with Crippen molar-refractivity contribution >= 4 is 12.0 Å². The highest BCUT2D eigenvalue weighted by atomic mass is 16.6. The summed E-state index contributed by atoms with van der Waals surface area (Å²) in [5.41, 5.74) is 5.78. The fraction of sp³-hybridized carbons (Fsp3) is 0.485. The summed E-state index contributed by atoms with van der Waals surface area (Å²) in [4.78, 5) is 30.6. The number of aryl methyl sites for hydroxylation is 2. The Hall–Kier alpha value is -3.61. The maximum absolute atomic E-state index is 14.1. The minimum absolute atomic E-state index is 0.0558. The number of hydrogen-bond donors (Lipinski definition) is 0. The summed E-state index contributed by atoms with van der Waals surface area (Å²) < 4.78 is 7.58. The summed E-state index contributed by atoms with van der Waals surface area (Å²) in [5.74, 6) is 0.506. The molecule has 2 fully saturated rings. The van der Waals surface area contributed by atoms with Gasteiger partial charge in [0.2, 0.25) is 0 Å². The molecule has 1 atom stereocenters. The molecule has 7 heteroatoms. The lowest BCUT2D eigenvalue weighted by Gasteiger charge is -2.35. The highest BCUT2D eigenvalue weighted by Gasteiger charge is 2.34. The van der Waals surface area contributed by atoms with Crippen molar-refractivity contribution in [3.8, 4) is 5.69 Å². The van der Waals surface area contributed by atoms with Gasteiger partial charge in [-0.3, -0.25) is 4.79 Å². The van der Waals surface area contributed by atoms with Crippen LogP contribution in [-0.2, 0) is 4.74 Å². The third-order valence-corrected chi connectivity index (χ3v) is 8.28. The summed E-state index contributed by atoms with van der Waals surface area (Å²) >= 11 is 0. The first-order valence-electron chi connectivity index (χ1n) is 14.6. The normalized spacial score (nSPS) is 18.6. The molecule has 5 rings (SSSR count). The monoisotopic (exact) mass is 542 g/mol. The Bertz CT molecular complexity index is 1350. The number of ether oxygens (including phenoxy) is 1. The Morgan fingerprint density at radius 1 is 0.875 bits per heavy atom. The van der Waals surface area contributed by atoms with Gasteiger partial charge >= 0.3 is 6.09 Å². The number of aromatic nitrogens is 2. The lowest BCUT2D eigenvalue weighted by Crippen LogP contribution is -2.42. The maximum Gasteiger partial charge on any atom is 0.410 e. The minimum atomic E-state index is -0.526. The molecule has 2 aromatic carbocycles. The van der Waals surface area contributed by atoms with Crippen molar-refractivity contribution in [1.82, 2.24) is 19.6 Å². The molecule has 2 saturated heterocycles. The molecular formula is C33H42N4O3. The zero-order chi connectivity index (χ0) is 28.4. The van der Waals surface area contributed by atoms with Gasteiger partial charge in [-0.15, -0.1) is 0 Å². The van der Waals surface area contributed by atoms with Gasteiger partial charge in [0.05, 0.1) is 23.1 Å². The number of benzene rings is 2. The van der Waals surface area contributed by atoms with E-state index in [0.29, 0.717) is 31.1 Å². The number of rotatable bonds is 4. The summed E-state index contributed by atoms with van der Waals surface area (Å²) in [6, 6.07) is 16.9. The summed E-state index contributed by atoms with van der Waals surface area (Å²) in [6.07, 6.45) is 5.07. The fourth-order valence-corrected chi connectivity index (χ4v) is 5.97. The van der Waals surface area contributed by atoms with E-state index >= 15 is 0 Å². The maximum atomic E-state index is 14.1. The number of amides is 2. The summed E-state index contributed by atoms with van der Waals surface area (Å²) in [7, 11) is 0. The third-order valence-electron chi connectivity index (χ3n) is 8.28. The van der Waals surface area contributed by atoms with E-state index in [-0.39, 0.29) is 17.9 Å². The predicted molar refractivity (Wildman–Crippen MR) is 157 cm³/mol. The third kappa shape index (κ3) is 6.08. The largest absolute Gasteiger partial charge is 0.444 e. The molecule has 1 unspecified atom stereocenters. The van der Waals surface area contributed by atoms with E-state index in [1.807, 2.05) is 36.4 Å². The standard InChI is InChI=1S/C33H42N4O3/c1-23-13-14-28(20-24(23)2)37-30(26-15-18-35(19-16-26)32(39)40-33(3,4)5)29(21-34-37)31(38)36-17-9-12-27(22-36)25-10-7-6-8-11-25/h6-8,10-11,13-14,20-21,26-27H,9,12,15-19,22H2,1-5H3. The van der Waals surface area contributed by atoms with Crippen molar-refractivity contribution in [2.75, 3.05) is 26.2 Å². The first-order valence-corrected chi connectivity index (χ1v) is 14.6. The zero-order valence-electron chi connectivity index (χ0n) is 24.5. The van der Waals surface area contributed by atoms with Crippen LogP contribution in [0, 0.1) is 13.8 Å². The van der Waals surface area contributed by atoms with Gasteiger partial charge in [0.1, 0.15) is 5.60 Å². The van der Waals surface area contributed by atoms with Crippen molar-refractivity contribution in [1.29, 1.82) is 0 Å². The van der Waals surface area contributed by atoms with Crippen molar-refractivity contribution in [2.45, 2.75) is 77.7 Å². The van der Waals surface area contributed by atoms with Crippen LogP contribution in [0.5, 0.6) is 0 Å². The van der Waals surface area contributed by atoms with Crippen LogP contribution in [0.4, 0.5) is 4.79 Å². The second-order valence-corrected chi connectivity index (χ2v) is 12.4. The number of piperidine rings is 2. The van der Waals surface area contributed by atoms with E-state index < -0.39 is 5.60 Å². The van der Waals surface area contributed by atoms with Gasteiger partial charge in [-0.1, -0.05) is 36.4 Å². The quantitative estimate of drug-likeness (QED) is 0.371. The molecule has 0 spiro atoms. The number of carbonyl (C=O) groups is 2.